The smallest absolute Gasteiger partial charge is 0.0373 e. The van der Waals surface area contributed by atoms with Crippen molar-refractivity contribution < 1.29 is 0 Å². The van der Waals surface area contributed by atoms with Crippen molar-refractivity contribution in [3.8, 4) is 0 Å². The lowest BCUT2D eigenvalue weighted by molar-refractivity contribution is 0.145. The summed E-state index contributed by atoms with van der Waals surface area (Å²) < 4.78 is 0. The summed E-state index contributed by atoms with van der Waals surface area (Å²) in [4.78, 5) is 4.61. The van der Waals surface area contributed by atoms with Gasteiger partial charge in [-0.05, 0) is 57.0 Å². The number of aryl methyl sites for hydroxylation is 1. The fraction of sp³-hybridized carbons (Fsp3) is 0.647. The first-order chi connectivity index (χ1) is 9.38. The van der Waals surface area contributed by atoms with Crippen LogP contribution in [0.3, 0.4) is 0 Å². The largest absolute Gasteiger partial charge is 0.382 e. The molecule has 0 radical (unpaired) electrons. The lowest BCUT2D eigenvalue weighted by atomic mass is 9.89. The number of hydrogen-bond acceptors (Lipinski definition) is 3. The van der Waals surface area contributed by atoms with Crippen LogP contribution >= 0.6 is 0 Å². The van der Waals surface area contributed by atoms with Crippen LogP contribution < -0.4 is 10.2 Å². The second-order valence-corrected chi connectivity index (χ2v) is 6.65. The maximum Gasteiger partial charge on any atom is 0.0373 e. The van der Waals surface area contributed by atoms with Gasteiger partial charge in [-0.15, -0.1) is 0 Å². The molecule has 112 valence electrons. The third kappa shape index (κ3) is 3.26. The Hall–Kier alpha value is -1.22. The van der Waals surface area contributed by atoms with Gasteiger partial charge >= 0.3 is 0 Å². The molecule has 0 spiro atoms. The summed E-state index contributed by atoms with van der Waals surface area (Å²) in [5, 5.41) is 3.77. The second-order valence-electron chi connectivity index (χ2n) is 6.65. The minimum Gasteiger partial charge on any atom is -0.382 e. The molecule has 0 bridgehead atoms. The van der Waals surface area contributed by atoms with Gasteiger partial charge in [-0.1, -0.05) is 6.92 Å². The first-order valence-electron chi connectivity index (χ1n) is 7.63. The Balaban J connectivity index is 2.10. The van der Waals surface area contributed by atoms with Gasteiger partial charge in [0.2, 0.25) is 0 Å². The van der Waals surface area contributed by atoms with Crippen LogP contribution in [-0.4, -0.2) is 44.7 Å². The number of rotatable bonds is 3. The van der Waals surface area contributed by atoms with E-state index in [-0.39, 0.29) is 0 Å². The molecular formula is C17H29N3. The highest BCUT2D eigenvalue weighted by Crippen LogP contribution is 2.27. The van der Waals surface area contributed by atoms with Crippen molar-refractivity contribution in [1.82, 2.24) is 4.90 Å². The van der Waals surface area contributed by atoms with Crippen molar-refractivity contribution in [2.24, 2.45) is 5.92 Å². The van der Waals surface area contributed by atoms with Gasteiger partial charge in [0.25, 0.3) is 0 Å². The number of nitrogens with zero attached hydrogens (tertiary/aromatic N) is 2. The lowest BCUT2D eigenvalue weighted by Gasteiger charge is -2.40. The molecule has 1 aliphatic rings. The van der Waals surface area contributed by atoms with Crippen LogP contribution in [0, 0.1) is 12.8 Å². The molecule has 3 atom stereocenters. The van der Waals surface area contributed by atoms with E-state index in [0.29, 0.717) is 18.0 Å². The number of hydrogen-bond donors (Lipinski definition) is 1. The summed E-state index contributed by atoms with van der Waals surface area (Å²) in [7, 11) is 6.40. The van der Waals surface area contributed by atoms with E-state index in [1.54, 1.807) is 0 Å². The maximum atomic E-state index is 3.77. The molecule has 1 aromatic rings. The number of piperidine rings is 1. The molecule has 0 aromatic heterocycles. The van der Waals surface area contributed by atoms with Crippen molar-refractivity contribution in [3.05, 3.63) is 23.8 Å². The van der Waals surface area contributed by atoms with Crippen molar-refractivity contribution >= 4 is 11.4 Å². The molecule has 1 aromatic carbocycles. The molecule has 20 heavy (non-hydrogen) atoms. The predicted molar refractivity (Wildman–Crippen MR) is 88.8 cm³/mol. The normalized spacial score (nSPS) is 27.4. The van der Waals surface area contributed by atoms with Gasteiger partial charge in [-0.3, -0.25) is 0 Å². The molecule has 0 aliphatic carbocycles. The van der Waals surface area contributed by atoms with Crippen LogP contribution in [0.15, 0.2) is 18.2 Å². The number of nitrogens with one attached hydrogen (secondary N) is 1. The monoisotopic (exact) mass is 275 g/mol. The summed E-state index contributed by atoms with van der Waals surface area (Å²) in [6.07, 6.45) is 1.21. The van der Waals surface area contributed by atoms with E-state index in [0.717, 1.165) is 0 Å². The van der Waals surface area contributed by atoms with Gasteiger partial charge in [0.1, 0.15) is 0 Å². The van der Waals surface area contributed by atoms with Gasteiger partial charge in [-0.25, -0.2) is 0 Å². The highest BCUT2D eigenvalue weighted by molar-refractivity contribution is 5.60. The summed E-state index contributed by atoms with van der Waals surface area (Å²) in [5.41, 5.74) is 3.87. The van der Waals surface area contributed by atoms with Crippen LogP contribution in [0.1, 0.15) is 25.8 Å². The molecule has 3 heteroatoms. The zero-order chi connectivity index (χ0) is 14.9. The quantitative estimate of drug-likeness (QED) is 0.914. The van der Waals surface area contributed by atoms with Crippen molar-refractivity contribution in [2.45, 2.75) is 39.3 Å². The average molecular weight is 275 g/mol. The molecule has 1 fully saturated rings. The zero-order valence-corrected chi connectivity index (χ0v) is 13.8. The SMILES string of the molecule is Cc1cc(N(C)C)ccc1NC1CC(C)N(C)CC1C. The van der Waals surface area contributed by atoms with Crippen molar-refractivity contribution in [3.63, 3.8) is 0 Å². The van der Waals surface area contributed by atoms with E-state index in [1.165, 1.54) is 29.9 Å². The molecule has 2 rings (SSSR count). The van der Waals surface area contributed by atoms with Crippen LogP contribution in [0.2, 0.25) is 0 Å². The Bertz CT molecular complexity index is 456. The summed E-state index contributed by atoms with van der Waals surface area (Å²) in [6.45, 7) is 8.04. The molecule has 0 amide bonds. The number of likely N-dealkylation sites (tertiary alicyclic amines) is 1. The molecule has 1 saturated heterocycles. The molecule has 1 aliphatic heterocycles. The Labute approximate surface area is 124 Å². The summed E-state index contributed by atoms with van der Waals surface area (Å²) >= 11 is 0. The molecule has 0 saturated carbocycles. The zero-order valence-electron chi connectivity index (χ0n) is 13.8. The topological polar surface area (TPSA) is 18.5 Å². The van der Waals surface area contributed by atoms with E-state index in [1.807, 2.05) is 0 Å². The van der Waals surface area contributed by atoms with Crippen molar-refractivity contribution in [1.29, 1.82) is 0 Å². The van der Waals surface area contributed by atoms with Gasteiger partial charge in [-0.2, -0.15) is 0 Å². The van der Waals surface area contributed by atoms with Gasteiger partial charge in [0, 0.05) is 44.1 Å². The highest BCUT2D eigenvalue weighted by atomic mass is 15.2. The fourth-order valence-electron chi connectivity index (χ4n) is 3.03. The van der Waals surface area contributed by atoms with Gasteiger partial charge in [0.15, 0.2) is 0 Å². The molecule has 3 nitrogen and oxygen atoms in total. The predicted octanol–water partition coefficient (Wildman–Crippen LogP) is 3.20. The average Bonchev–Trinajstić information content (AvgIpc) is 2.37. The van der Waals surface area contributed by atoms with Crippen LogP contribution in [0.4, 0.5) is 11.4 Å². The van der Waals surface area contributed by atoms with Gasteiger partial charge in [0.05, 0.1) is 0 Å². The van der Waals surface area contributed by atoms with Crippen LogP contribution in [0.5, 0.6) is 0 Å². The maximum absolute atomic E-state index is 3.77. The fourth-order valence-corrected chi connectivity index (χ4v) is 3.03. The Morgan fingerprint density at radius 1 is 1.25 bits per heavy atom. The third-order valence-electron chi connectivity index (χ3n) is 4.68. The van der Waals surface area contributed by atoms with Crippen LogP contribution in [-0.2, 0) is 0 Å². The minimum atomic E-state index is 0.574. The van der Waals surface area contributed by atoms with Crippen molar-refractivity contribution in [2.75, 3.05) is 37.9 Å². The van der Waals surface area contributed by atoms with Crippen LogP contribution in [0.25, 0.3) is 0 Å². The lowest BCUT2D eigenvalue weighted by Crippen LogP contribution is -2.48. The van der Waals surface area contributed by atoms with E-state index in [2.05, 4.69) is 75.2 Å². The molecule has 1 heterocycles. The third-order valence-corrected chi connectivity index (χ3v) is 4.68. The van der Waals surface area contributed by atoms with E-state index in [9.17, 15) is 0 Å². The first-order valence-corrected chi connectivity index (χ1v) is 7.63. The molecular weight excluding hydrogens is 246 g/mol. The minimum absolute atomic E-state index is 0.574. The van der Waals surface area contributed by atoms with E-state index < -0.39 is 0 Å². The standard InChI is InChI=1S/C17H29N3/c1-12-9-15(19(4)5)7-8-16(12)18-17-10-14(3)20(6)11-13(17)2/h7-9,13-14,17-18H,10-11H2,1-6H3. The summed E-state index contributed by atoms with van der Waals surface area (Å²) in [5.74, 6) is 0.684. The first kappa shape index (κ1) is 15.2. The van der Waals surface area contributed by atoms with Gasteiger partial charge < -0.3 is 15.1 Å². The number of anilines is 2. The summed E-state index contributed by atoms with van der Waals surface area (Å²) in [6, 6.07) is 7.90. The Morgan fingerprint density at radius 2 is 1.95 bits per heavy atom. The second kappa shape index (κ2) is 6.04. The Morgan fingerprint density at radius 3 is 2.55 bits per heavy atom. The molecule has 3 unspecified atom stereocenters. The van der Waals surface area contributed by atoms with E-state index >= 15 is 0 Å². The highest BCUT2D eigenvalue weighted by Gasteiger charge is 2.28. The Kier molecular flexibility index (Phi) is 4.59. The molecule has 1 N–H and O–H groups in total. The number of benzene rings is 1. The van der Waals surface area contributed by atoms with E-state index in [4.69, 9.17) is 0 Å².